The lowest BCUT2D eigenvalue weighted by Gasteiger charge is -2.13. The number of hydrogen-bond acceptors (Lipinski definition) is 6. The molecule has 1 heterocycles. The molecule has 2 amide bonds. The molecule has 0 aliphatic heterocycles. The lowest BCUT2D eigenvalue weighted by Crippen LogP contribution is -2.41. The largest absolute Gasteiger partial charge is 0.497 e. The van der Waals surface area contributed by atoms with Gasteiger partial charge in [-0.05, 0) is 54.1 Å². The average molecular weight is 433 g/mol. The Kier molecular flexibility index (Phi) is 5.90. The first kappa shape index (κ1) is 20.5. The van der Waals surface area contributed by atoms with Crippen LogP contribution in [0.15, 0.2) is 66.7 Å². The molecule has 0 bridgehead atoms. The first-order valence-electron chi connectivity index (χ1n) is 9.62. The number of anilines is 1. The Morgan fingerprint density at radius 3 is 2.45 bits per heavy atom. The molecule has 0 fully saturated rings. The summed E-state index contributed by atoms with van der Waals surface area (Å²) < 4.78 is 5.15. The van der Waals surface area contributed by atoms with Gasteiger partial charge in [0.25, 0.3) is 5.91 Å². The molecule has 1 aromatic heterocycles. The Hall–Kier alpha value is -3.78. The van der Waals surface area contributed by atoms with Gasteiger partial charge in [-0.15, -0.1) is 10.2 Å². The van der Waals surface area contributed by atoms with Gasteiger partial charge in [0.05, 0.1) is 7.11 Å². The topological polar surface area (TPSA) is 93.2 Å². The molecule has 4 rings (SSSR count). The van der Waals surface area contributed by atoms with Crippen LogP contribution in [0.4, 0.5) is 5.13 Å². The molecule has 3 aromatic carbocycles. The Morgan fingerprint density at radius 2 is 1.71 bits per heavy atom. The molecular weight excluding hydrogens is 412 g/mol. The Morgan fingerprint density at radius 1 is 0.968 bits per heavy atom. The number of amides is 2. The van der Waals surface area contributed by atoms with Crippen LogP contribution in [0, 0.1) is 0 Å². The van der Waals surface area contributed by atoms with Gasteiger partial charge >= 0.3 is 0 Å². The standard InChI is InChI=1S/C23H20N4O3S/c1-14(24-21(29)18-8-7-15-5-3-4-6-17(15)13-18)20(28)25-23-27-26-22(31-23)16-9-11-19(30-2)12-10-16/h3-14H,1-2H3,(H,24,29)(H,25,27,28). The van der Waals surface area contributed by atoms with Crippen LogP contribution in [-0.4, -0.2) is 35.2 Å². The predicted octanol–water partition coefficient (Wildman–Crippen LogP) is 4.12. The summed E-state index contributed by atoms with van der Waals surface area (Å²) in [7, 11) is 1.60. The molecule has 31 heavy (non-hydrogen) atoms. The number of aromatic nitrogens is 2. The number of methoxy groups -OCH3 is 1. The van der Waals surface area contributed by atoms with E-state index in [2.05, 4.69) is 20.8 Å². The van der Waals surface area contributed by atoms with Gasteiger partial charge < -0.3 is 10.1 Å². The van der Waals surface area contributed by atoms with Crippen molar-refractivity contribution in [3.05, 3.63) is 72.3 Å². The van der Waals surface area contributed by atoms with Crippen LogP contribution >= 0.6 is 11.3 Å². The number of rotatable bonds is 6. The van der Waals surface area contributed by atoms with Crippen LogP contribution in [-0.2, 0) is 4.79 Å². The van der Waals surface area contributed by atoms with Crippen LogP contribution in [0.25, 0.3) is 21.3 Å². The van der Waals surface area contributed by atoms with E-state index in [1.165, 1.54) is 11.3 Å². The normalized spacial score (nSPS) is 11.7. The molecular formula is C23H20N4O3S. The van der Waals surface area contributed by atoms with Gasteiger partial charge in [0.2, 0.25) is 11.0 Å². The highest BCUT2D eigenvalue weighted by atomic mass is 32.1. The molecule has 2 N–H and O–H groups in total. The summed E-state index contributed by atoms with van der Waals surface area (Å²) >= 11 is 1.25. The zero-order valence-electron chi connectivity index (χ0n) is 17.0. The van der Waals surface area contributed by atoms with Crippen LogP contribution in [0.3, 0.4) is 0 Å². The highest BCUT2D eigenvalue weighted by molar-refractivity contribution is 7.18. The minimum Gasteiger partial charge on any atom is -0.497 e. The second-order valence-corrected chi connectivity index (χ2v) is 7.86. The van der Waals surface area contributed by atoms with E-state index in [0.717, 1.165) is 22.1 Å². The molecule has 0 spiro atoms. The lowest BCUT2D eigenvalue weighted by atomic mass is 10.1. The van der Waals surface area contributed by atoms with E-state index in [-0.39, 0.29) is 11.8 Å². The van der Waals surface area contributed by atoms with Crippen molar-refractivity contribution in [1.29, 1.82) is 0 Å². The molecule has 0 saturated carbocycles. The minimum atomic E-state index is -0.743. The highest BCUT2D eigenvalue weighted by Crippen LogP contribution is 2.27. The summed E-state index contributed by atoms with van der Waals surface area (Å²) in [5.41, 5.74) is 1.37. The van der Waals surface area contributed by atoms with E-state index in [9.17, 15) is 9.59 Å². The molecule has 8 heteroatoms. The summed E-state index contributed by atoms with van der Waals surface area (Å²) in [4.78, 5) is 25.1. The molecule has 4 aromatic rings. The SMILES string of the molecule is COc1ccc(-c2nnc(NC(=O)C(C)NC(=O)c3ccc4ccccc4c3)s2)cc1. The van der Waals surface area contributed by atoms with Crippen LogP contribution in [0.2, 0.25) is 0 Å². The number of nitrogens with zero attached hydrogens (tertiary/aromatic N) is 2. The number of benzene rings is 3. The van der Waals surface area contributed by atoms with Crippen molar-refractivity contribution in [2.75, 3.05) is 12.4 Å². The number of carbonyl (C=O) groups is 2. The molecule has 0 aliphatic carbocycles. The number of hydrogen-bond donors (Lipinski definition) is 2. The smallest absolute Gasteiger partial charge is 0.251 e. The third kappa shape index (κ3) is 4.70. The zero-order valence-corrected chi connectivity index (χ0v) is 17.8. The van der Waals surface area contributed by atoms with Crippen LogP contribution < -0.4 is 15.4 Å². The fourth-order valence-electron chi connectivity index (χ4n) is 3.01. The average Bonchev–Trinajstić information content (AvgIpc) is 3.27. The van der Waals surface area contributed by atoms with Crippen molar-refractivity contribution in [1.82, 2.24) is 15.5 Å². The summed E-state index contributed by atoms with van der Waals surface area (Å²) in [6.07, 6.45) is 0. The van der Waals surface area contributed by atoms with E-state index in [4.69, 9.17) is 4.74 Å². The van der Waals surface area contributed by atoms with Gasteiger partial charge in [-0.25, -0.2) is 0 Å². The quantitative estimate of drug-likeness (QED) is 0.478. The maximum absolute atomic E-state index is 12.6. The monoisotopic (exact) mass is 432 g/mol. The second-order valence-electron chi connectivity index (χ2n) is 6.89. The lowest BCUT2D eigenvalue weighted by molar-refractivity contribution is -0.117. The molecule has 1 unspecified atom stereocenters. The van der Waals surface area contributed by atoms with Crippen molar-refractivity contribution in [3.63, 3.8) is 0 Å². The summed E-state index contributed by atoms with van der Waals surface area (Å²) in [6.45, 7) is 1.62. The highest BCUT2D eigenvalue weighted by Gasteiger charge is 2.19. The first-order valence-corrected chi connectivity index (χ1v) is 10.4. The molecule has 0 radical (unpaired) electrons. The van der Waals surface area contributed by atoms with Gasteiger partial charge in [-0.2, -0.15) is 0 Å². The number of ether oxygens (including phenoxy) is 1. The first-order chi connectivity index (χ1) is 15.0. The summed E-state index contributed by atoms with van der Waals surface area (Å²) in [5, 5.41) is 16.6. The Balaban J connectivity index is 1.38. The van der Waals surface area contributed by atoms with E-state index in [0.29, 0.717) is 15.7 Å². The number of carbonyl (C=O) groups excluding carboxylic acids is 2. The van der Waals surface area contributed by atoms with Crippen molar-refractivity contribution in [2.45, 2.75) is 13.0 Å². The minimum absolute atomic E-state index is 0.315. The third-order valence-corrected chi connectivity index (χ3v) is 5.63. The predicted molar refractivity (Wildman–Crippen MR) is 121 cm³/mol. The van der Waals surface area contributed by atoms with Crippen molar-refractivity contribution in [3.8, 4) is 16.3 Å². The molecule has 1 atom stereocenters. The van der Waals surface area contributed by atoms with Gasteiger partial charge in [0.1, 0.15) is 16.8 Å². The maximum Gasteiger partial charge on any atom is 0.251 e. The fraction of sp³-hybridized carbons (Fsp3) is 0.130. The molecule has 0 aliphatic rings. The van der Waals surface area contributed by atoms with Crippen LogP contribution in [0.5, 0.6) is 5.75 Å². The second kappa shape index (κ2) is 8.93. The number of fused-ring (bicyclic) bond motifs is 1. The maximum atomic E-state index is 12.6. The van der Waals surface area contributed by atoms with E-state index in [1.54, 1.807) is 26.2 Å². The molecule has 156 valence electrons. The van der Waals surface area contributed by atoms with Crippen LogP contribution in [0.1, 0.15) is 17.3 Å². The third-order valence-electron chi connectivity index (χ3n) is 4.74. The Bertz CT molecular complexity index is 1240. The summed E-state index contributed by atoms with van der Waals surface area (Å²) in [6, 6.07) is 19.9. The van der Waals surface area contributed by atoms with Gasteiger partial charge in [0.15, 0.2) is 0 Å². The Labute approximate surface area is 183 Å². The molecule has 0 saturated heterocycles. The van der Waals surface area contributed by atoms with Crippen molar-refractivity contribution >= 4 is 39.1 Å². The van der Waals surface area contributed by atoms with Crippen molar-refractivity contribution < 1.29 is 14.3 Å². The van der Waals surface area contributed by atoms with Gasteiger partial charge in [-0.1, -0.05) is 41.7 Å². The van der Waals surface area contributed by atoms with Crippen molar-refractivity contribution in [2.24, 2.45) is 0 Å². The zero-order chi connectivity index (χ0) is 21.8. The van der Waals surface area contributed by atoms with Gasteiger partial charge in [-0.3, -0.25) is 14.9 Å². The summed E-state index contributed by atoms with van der Waals surface area (Å²) in [5.74, 6) is 0.0638. The van der Waals surface area contributed by atoms with E-state index >= 15 is 0 Å². The van der Waals surface area contributed by atoms with E-state index < -0.39 is 6.04 Å². The van der Waals surface area contributed by atoms with Gasteiger partial charge in [0, 0.05) is 11.1 Å². The molecule has 7 nitrogen and oxygen atoms in total. The fourth-order valence-corrected chi connectivity index (χ4v) is 3.77. The van der Waals surface area contributed by atoms with E-state index in [1.807, 2.05) is 54.6 Å². The number of nitrogens with one attached hydrogen (secondary N) is 2.